The highest BCUT2D eigenvalue weighted by molar-refractivity contribution is 6.33. The average Bonchev–Trinajstić information content (AvgIpc) is 2.81. The molecule has 0 aromatic carbocycles. The van der Waals surface area contributed by atoms with E-state index in [4.69, 9.17) is 16.0 Å². The number of furan rings is 1. The number of aryl methyl sites for hydroxylation is 2. The molecule has 0 aliphatic heterocycles. The van der Waals surface area contributed by atoms with Gasteiger partial charge in [-0.25, -0.2) is 15.0 Å². The molecular weight excluding hydrogens is 323 g/mol. The monoisotopic (exact) mass is 340 g/mol. The lowest BCUT2D eigenvalue weighted by Crippen LogP contribution is -2.09. The van der Waals surface area contributed by atoms with Crippen LogP contribution in [0, 0.1) is 19.8 Å². The molecule has 3 aromatic heterocycles. The summed E-state index contributed by atoms with van der Waals surface area (Å²) >= 11 is 6.29. The molecule has 0 bridgehead atoms. The van der Waals surface area contributed by atoms with Crippen LogP contribution >= 0.6 is 24.0 Å². The highest BCUT2D eigenvalue weighted by atomic mass is 35.5. The Morgan fingerprint density at radius 3 is 2.68 bits per heavy atom. The lowest BCUT2D eigenvalue weighted by molar-refractivity contribution is 0.646. The van der Waals surface area contributed by atoms with E-state index in [9.17, 15) is 0 Å². The molecule has 0 unspecified atom stereocenters. The van der Waals surface area contributed by atoms with Gasteiger partial charge in [-0.2, -0.15) is 0 Å². The van der Waals surface area contributed by atoms with E-state index in [1.165, 1.54) is 6.33 Å². The average molecular weight is 341 g/mol. The van der Waals surface area contributed by atoms with Crippen LogP contribution in [0.1, 0.15) is 25.1 Å². The SMILES string of the molecule is Cc1nc2oc3c(NCC(C)C)ncnc3c2c(C)c1Cl.Cl. The minimum absolute atomic E-state index is 0. The molecule has 5 nitrogen and oxygen atoms in total. The van der Waals surface area contributed by atoms with Crippen molar-refractivity contribution in [1.29, 1.82) is 0 Å². The Bertz CT molecular complexity index is 829. The fraction of sp³-hybridized carbons (Fsp3) is 0.400. The zero-order valence-electron chi connectivity index (χ0n) is 12.9. The summed E-state index contributed by atoms with van der Waals surface area (Å²) in [5, 5.41) is 4.80. The largest absolute Gasteiger partial charge is 0.432 e. The molecule has 0 atom stereocenters. The van der Waals surface area contributed by atoms with Crippen molar-refractivity contribution in [2.24, 2.45) is 5.92 Å². The first-order valence-electron chi connectivity index (χ1n) is 6.92. The maximum absolute atomic E-state index is 6.29. The van der Waals surface area contributed by atoms with E-state index in [1.54, 1.807) is 0 Å². The van der Waals surface area contributed by atoms with Gasteiger partial charge in [0.2, 0.25) is 5.71 Å². The number of fused-ring (bicyclic) bond motifs is 3. The van der Waals surface area contributed by atoms with E-state index in [2.05, 4.69) is 34.1 Å². The number of nitrogens with one attached hydrogen (secondary N) is 1. The van der Waals surface area contributed by atoms with Crippen LogP contribution in [0.4, 0.5) is 5.82 Å². The maximum Gasteiger partial charge on any atom is 0.229 e. The highest BCUT2D eigenvalue weighted by Crippen LogP contribution is 2.35. The molecule has 3 rings (SSSR count). The van der Waals surface area contributed by atoms with E-state index in [0.29, 0.717) is 28.1 Å². The summed E-state index contributed by atoms with van der Waals surface area (Å²) in [4.78, 5) is 13.0. The number of anilines is 1. The van der Waals surface area contributed by atoms with Crippen LogP contribution in [0.25, 0.3) is 22.2 Å². The maximum atomic E-state index is 6.29. The molecule has 0 saturated heterocycles. The summed E-state index contributed by atoms with van der Waals surface area (Å²) in [6.45, 7) is 8.91. The first-order valence-corrected chi connectivity index (χ1v) is 7.30. The molecule has 118 valence electrons. The molecule has 1 N–H and O–H groups in total. The van der Waals surface area contributed by atoms with E-state index < -0.39 is 0 Å². The van der Waals surface area contributed by atoms with E-state index in [1.807, 2.05) is 13.8 Å². The molecule has 0 fully saturated rings. The van der Waals surface area contributed by atoms with Gasteiger partial charge < -0.3 is 9.73 Å². The molecule has 22 heavy (non-hydrogen) atoms. The first kappa shape index (κ1) is 16.8. The fourth-order valence-corrected chi connectivity index (χ4v) is 2.46. The van der Waals surface area contributed by atoms with Gasteiger partial charge in [0.25, 0.3) is 0 Å². The van der Waals surface area contributed by atoms with Crippen molar-refractivity contribution in [3.05, 3.63) is 22.6 Å². The number of aromatic nitrogens is 3. The van der Waals surface area contributed by atoms with Crippen LogP contribution in [0.2, 0.25) is 5.02 Å². The smallest absolute Gasteiger partial charge is 0.229 e. The molecule has 3 aromatic rings. The predicted octanol–water partition coefficient (Wildman–Crippen LogP) is 4.53. The predicted molar refractivity (Wildman–Crippen MR) is 92.2 cm³/mol. The number of nitrogens with zero attached hydrogens (tertiary/aromatic N) is 3. The number of hydrogen-bond donors (Lipinski definition) is 1. The van der Waals surface area contributed by atoms with Crippen LogP contribution < -0.4 is 5.32 Å². The summed E-state index contributed by atoms with van der Waals surface area (Å²) in [6, 6.07) is 0. The number of rotatable bonds is 3. The third-order valence-corrected chi connectivity index (χ3v) is 3.98. The molecule has 0 saturated carbocycles. The van der Waals surface area contributed by atoms with Crippen molar-refractivity contribution < 1.29 is 4.42 Å². The van der Waals surface area contributed by atoms with Gasteiger partial charge in [-0.15, -0.1) is 12.4 Å². The lowest BCUT2D eigenvalue weighted by Gasteiger charge is -2.07. The minimum atomic E-state index is 0. The van der Waals surface area contributed by atoms with Gasteiger partial charge >= 0.3 is 0 Å². The van der Waals surface area contributed by atoms with E-state index in [0.717, 1.165) is 28.7 Å². The zero-order chi connectivity index (χ0) is 15.1. The molecule has 0 aliphatic rings. The molecule has 0 aliphatic carbocycles. The molecule has 7 heteroatoms. The van der Waals surface area contributed by atoms with Gasteiger partial charge in [0.15, 0.2) is 11.4 Å². The second-order valence-corrected chi connectivity index (χ2v) is 5.97. The first-order chi connectivity index (χ1) is 9.99. The number of pyridine rings is 1. The minimum Gasteiger partial charge on any atom is -0.432 e. The van der Waals surface area contributed by atoms with Crippen LogP contribution in [0.15, 0.2) is 10.7 Å². The molecule has 0 amide bonds. The van der Waals surface area contributed by atoms with Crippen LogP contribution in [0.5, 0.6) is 0 Å². The summed E-state index contributed by atoms with van der Waals surface area (Å²) in [7, 11) is 0. The Hall–Kier alpha value is -1.59. The number of hydrogen-bond acceptors (Lipinski definition) is 5. The van der Waals surface area contributed by atoms with Gasteiger partial charge in [-0.05, 0) is 25.3 Å². The van der Waals surface area contributed by atoms with E-state index >= 15 is 0 Å². The van der Waals surface area contributed by atoms with Gasteiger partial charge in [0.1, 0.15) is 11.8 Å². The highest BCUT2D eigenvalue weighted by Gasteiger charge is 2.18. The van der Waals surface area contributed by atoms with Crippen molar-refractivity contribution in [2.75, 3.05) is 11.9 Å². The molecule has 0 radical (unpaired) electrons. The van der Waals surface area contributed by atoms with Crippen molar-refractivity contribution in [1.82, 2.24) is 15.0 Å². The summed E-state index contributed by atoms with van der Waals surface area (Å²) in [6.07, 6.45) is 1.53. The van der Waals surface area contributed by atoms with Gasteiger partial charge in [-0.3, -0.25) is 0 Å². The van der Waals surface area contributed by atoms with Gasteiger partial charge in [-0.1, -0.05) is 25.4 Å². The fourth-order valence-electron chi connectivity index (χ4n) is 2.32. The molecular formula is C15H18Cl2N4O. The Morgan fingerprint density at radius 1 is 1.27 bits per heavy atom. The Morgan fingerprint density at radius 2 is 2.00 bits per heavy atom. The van der Waals surface area contributed by atoms with Crippen molar-refractivity contribution in [3.63, 3.8) is 0 Å². The zero-order valence-corrected chi connectivity index (χ0v) is 14.5. The standard InChI is InChI=1S/C15H17ClN4O.ClH/c1-7(2)5-17-14-13-12(18-6-19-14)10-8(3)11(16)9(4)20-15(10)21-13;/h6-7H,5H2,1-4H3,(H,17,18,19);1H. The summed E-state index contributed by atoms with van der Waals surface area (Å²) in [5.41, 5.74) is 3.62. The number of halogens is 2. The summed E-state index contributed by atoms with van der Waals surface area (Å²) < 4.78 is 5.88. The van der Waals surface area contributed by atoms with Crippen LogP contribution in [0.3, 0.4) is 0 Å². The second-order valence-electron chi connectivity index (χ2n) is 5.59. The third kappa shape index (κ3) is 2.71. The van der Waals surface area contributed by atoms with Gasteiger partial charge in [0.05, 0.1) is 16.1 Å². The van der Waals surface area contributed by atoms with Crippen molar-refractivity contribution in [2.45, 2.75) is 27.7 Å². The topological polar surface area (TPSA) is 63.8 Å². The Kier molecular flexibility index (Phi) is 4.78. The van der Waals surface area contributed by atoms with Crippen LogP contribution in [-0.4, -0.2) is 21.5 Å². The normalized spacial score (nSPS) is 11.2. The van der Waals surface area contributed by atoms with Crippen molar-refractivity contribution in [3.8, 4) is 0 Å². The molecule has 3 heterocycles. The second kappa shape index (κ2) is 6.26. The van der Waals surface area contributed by atoms with Crippen molar-refractivity contribution >= 4 is 52.0 Å². The summed E-state index contributed by atoms with van der Waals surface area (Å²) in [5.74, 6) is 1.20. The molecule has 0 spiro atoms. The Labute approximate surface area is 139 Å². The van der Waals surface area contributed by atoms with Gasteiger partial charge in [0, 0.05) is 6.54 Å². The lowest BCUT2D eigenvalue weighted by atomic mass is 10.1. The van der Waals surface area contributed by atoms with E-state index in [-0.39, 0.29) is 12.4 Å². The quantitative estimate of drug-likeness (QED) is 0.758. The third-order valence-electron chi connectivity index (χ3n) is 3.42. The Balaban J connectivity index is 0.00000176. The van der Waals surface area contributed by atoms with Crippen LogP contribution in [-0.2, 0) is 0 Å².